The van der Waals surface area contributed by atoms with Crippen LogP contribution in [0, 0.1) is 19.3 Å². The van der Waals surface area contributed by atoms with Gasteiger partial charge in [-0.2, -0.15) is 0 Å². The zero-order valence-electron chi connectivity index (χ0n) is 21.3. The van der Waals surface area contributed by atoms with Gasteiger partial charge in [-0.3, -0.25) is 24.3 Å². The van der Waals surface area contributed by atoms with Crippen molar-refractivity contribution in [2.24, 2.45) is 0 Å². The topological polar surface area (TPSA) is 105 Å². The summed E-state index contributed by atoms with van der Waals surface area (Å²) in [6.45, 7) is 8.77. The van der Waals surface area contributed by atoms with Gasteiger partial charge in [0.2, 0.25) is 0 Å². The fourth-order valence-corrected chi connectivity index (χ4v) is 4.75. The Morgan fingerprint density at radius 2 is 1.84 bits per heavy atom. The number of nitrogens with one attached hydrogen (secondary N) is 2. The van der Waals surface area contributed by atoms with Gasteiger partial charge in [0.1, 0.15) is 16.8 Å². The Labute approximate surface area is 214 Å². The molecule has 3 aromatic heterocycles. The lowest BCUT2D eigenvalue weighted by molar-refractivity contribution is 0.0369. The first-order valence-electron chi connectivity index (χ1n) is 12.7. The van der Waals surface area contributed by atoms with Crippen LogP contribution in [0.1, 0.15) is 33.5 Å². The molecule has 1 amide bonds. The Balaban J connectivity index is 1.53. The van der Waals surface area contributed by atoms with Crippen LogP contribution in [-0.2, 0) is 17.8 Å². The van der Waals surface area contributed by atoms with Crippen LogP contribution >= 0.6 is 0 Å². The zero-order valence-corrected chi connectivity index (χ0v) is 21.3. The summed E-state index contributed by atoms with van der Waals surface area (Å²) in [5.74, 6) is -0.386. The first kappa shape index (κ1) is 24.9. The molecule has 5 rings (SSSR count). The summed E-state index contributed by atoms with van der Waals surface area (Å²) in [6.07, 6.45) is 2.44. The van der Waals surface area contributed by atoms with Crippen molar-refractivity contribution in [1.82, 2.24) is 24.2 Å². The fourth-order valence-electron chi connectivity index (χ4n) is 4.75. The van der Waals surface area contributed by atoms with E-state index in [1.54, 1.807) is 10.8 Å². The molecule has 1 aromatic carbocycles. The zero-order chi connectivity index (χ0) is 25.9. The van der Waals surface area contributed by atoms with Crippen LogP contribution in [0.3, 0.4) is 0 Å². The molecule has 1 saturated heterocycles. The number of morpholine rings is 1. The van der Waals surface area contributed by atoms with Crippen LogP contribution in [0.15, 0.2) is 53.5 Å². The minimum Gasteiger partial charge on any atom is -0.379 e. The molecule has 0 atom stereocenters. The van der Waals surface area contributed by atoms with E-state index in [2.05, 4.69) is 10.2 Å². The normalized spacial score (nSPS) is 14.3. The number of amides is 1. The third-order valence-electron chi connectivity index (χ3n) is 6.91. The van der Waals surface area contributed by atoms with E-state index < -0.39 is 0 Å². The second kappa shape index (κ2) is 10.7. The van der Waals surface area contributed by atoms with Gasteiger partial charge < -0.3 is 14.6 Å². The van der Waals surface area contributed by atoms with Gasteiger partial charge in [-0.15, -0.1) is 0 Å². The van der Waals surface area contributed by atoms with Gasteiger partial charge in [0.15, 0.2) is 0 Å². The highest BCUT2D eigenvalue weighted by atomic mass is 16.5. The summed E-state index contributed by atoms with van der Waals surface area (Å²) in [4.78, 5) is 33.9. The predicted molar refractivity (Wildman–Crippen MR) is 142 cm³/mol. The van der Waals surface area contributed by atoms with E-state index in [-0.39, 0.29) is 22.5 Å². The Hall–Kier alpha value is -3.82. The number of aryl methyl sites for hydroxylation is 3. The molecule has 192 valence electrons. The van der Waals surface area contributed by atoms with Crippen molar-refractivity contribution >= 4 is 22.6 Å². The van der Waals surface area contributed by atoms with E-state index in [1.165, 1.54) is 10.5 Å². The second-order valence-electron chi connectivity index (χ2n) is 9.57. The maximum atomic E-state index is 13.5. The molecule has 0 aliphatic carbocycles. The standard InChI is InChI=1S/C28H32N6O3/c1-19-6-8-21(9-7-19)18-30-27(35)22-17-23-26(31-25-20(2)5-3-11-34(25)28(23)36)33(24(22)29)12-4-10-32-13-15-37-16-14-32/h3,5-9,11,17,29H,4,10,12-16,18H2,1-2H3,(H,30,35). The third-order valence-corrected chi connectivity index (χ3v) is 6.91. The van der Waals surface area contributed by atoms with Crippen LogP contribution in [-0.4, -0.2) is 57.6 Å². The van der Waals surface area contributed by atoms with E-state index in [9.17, 15) is 9.59 Å². The summed E-state index contributed by atoms with van der Waals surface area (Å²) in [5.41, 5.74) is 3.93. The fraction of sp³-hybridized carbons (Fsp3) is 0.357. The highest BCUT2D eigenvalue weighted by molar-refractivity contribution is 5.96. The van der Waals surface area contributed by atoms with E-state index in [0.29, 0.717) is 29.8 Å². The summed E-state index contributed by atoms with van der Waals surface area (Å²) in [7, 11) is 0. The minimum absolute atomic E-state index is 0.0562. The number of rotatable bonds is 7. The van der Waals surface area contributed by atoms with Gasteiger partial charge in [0.05, 0.1) is 24.2 Å². The highest BCUT2D eigenvalue weighted by Gasteiger charge is 2.18. The molecule has 0 bridgehead atoms. The summed E-state index contributed by atoms with van der Waals surface area (Å²) < 4.78 is 8.66. The Bertz CT molecular complexity index is 1570. The number of aromatic nitrogens is 3. The third kappa shape index (κ3) is 5.19. The second-order valence-corrected chi connectivity index (χ2v) is 9.57. The van der Waals surface area contributed by atoms with Gasteiger partial charge in [0, 0.05) is 38.9 Å². The number of fused-ring (bicyclic) bond motifs is 2. The largest absolute Gasteiger partial charge is 0.379 e. The van der Waals surface area contributed by atoms with Crippen molar-refractivity contribution < 1.29 is 9.53 Å². The lowest BCUT2D eigenvalue weighted by Gasteiger charge is -2.26. The average Bonchev–Trinajstić information content (AvgIpc) is 2.91. The molecule has 1 aliphatic heterocycles. The maximum Gasteiger partial charge on any atom is 0.267 e. The van der Waals surface area contributed by atoms with Gasteiger partial charge >= 0.3 is 0 Å². The van der Waals surface area contributed by atoms with Gasteiger partial charge in [-0.25, -0.2) is 4.98 Å². The monoisotopic (exact) mass is 500 g/mol. The Morgan fingerprint density at radius 3 is 2.59 bits per heavy atom. The molecular formula is C28H32N6O3. The average molecular weight is 501 g/mol. The van der Waals surface area contributed by atoms with Crippen LogP contribution in [0.5, 0.6) is 0 Å². The van der Waals surface area contributed by atoms with Crippen molar-refractivity contribution in [3.05, 3.63) is 86.8 Å². The van der Waals surface area contributed by atoms with E-state index >= 15 is 0 Å². The number of hydrogen-bond acceptors (Lipinski definition) is 6. The van der Waals surface area contributed by atoms with Crippen molar-refractivity contribution in [2.45, 2.75) is 33.4 Å². The number of benzene rings is 1. The number of carbonyl (C=O) groups is 1. The summed E-state index contributed by atoms with van der Waals surface area (Å²) >= 11 is 0. The molecule has 1 fully saturated rings. The first-order valence-corrected chi connectivity index (χ1v) is 12.7. The number of nitrogens with zero attached hydrogens (tertiary/aromatic N) is 4. The number of pyridine rings is 2. The molecule has 9 nitrogen and oxygen atoms in total. The molecule has 4 aromatic rings. The summed E-state index contributed by atoms with van der Waals surface area (Å²) in [5, 5.41) is 12.2. The molecule has 37 heavy (non-hydrogen) atoms. The van der Waals surface area contributed by atoms with Crippen molar-refractivity contribution in [3.63, 3.8) is 0 Å². The van der Waals surface area contributed by atoms with Crippen molar-refractivity contribution in [2.75, 3.05) is 32.8 Å². The van der Waals surface area contributed by atoms with Crippen LogP contribution in [0.4, 0.5) is 0 Å². The number of carbonyl (C=O) groups excluding carboxylic acids is 1. The van der Waals surface area contributed by atoms with Gasteiger partial charge in [-0.1, -0.05) is 35.9 Å². The lowest BCUT2D eigenvalue weighted by Crippen LogP contribution is -2.38. The molecule has 1 aliphatic rings. The lowest BCUT2D eigenvalue weighted by atomic mass is 10.1. The highest BCUT2D eigenvalue weighted by Crippen LogP contribution is 2.14. The van der Waals surface area contributed by atoms with Crippen LogP contribution < -0.4 is 16.4 Å². The van der Waals surface area contributed by atoms with Crippen LogP contribution in [0.25, 0.3) is 16.7 Å². The summed E-state index contributed by atoms with van der Waals surface area (Å²) in [6, 6.07) is 13.2. The van der Waals surface area contributed by atoms with E-state index in [0.717, 1.165) is 56.0 Å². The number of ether oxygens (including phenoxy) is 1. The molecule has 0 unspecified atom stereocenters. The predicted octanol–water partition coefficient (Wildman–Crippen LogP) is 2.40. The molecule has 4 heterocycles. The van der Waals surface area contributed by atoms with Gasteiger partial charge in [0.25, 0.3) is 11.5 Å². The molecular weight excluding hydrogens is 468 g/mol. The molecule has 0 spiro atoms. The molecule has 2 N–H and O–H groups in total. The molecule has 0 radical (unpaired) electrons. The van der Waals surface area contributed by atoms with Gasteiger partial charge in [-0.05, 0) is 43.5 Å². The molecule has 0 saturated carbocycles. The smallest absolute Gasteiger partial charge is 0.267 e. The maximum absolute atomic E-state index is 13.5. The minimum atomic E-state index is -0.386. The Kier molecular flexibility index (Phi) is 7.16. The van der Waals surface area contributed by atoms with Crippen molar-refractivity contribution in [1.29, 1.82) is 5.41 Å². The van der Waals surface area contributed by atoms with Crippen molar-refractivity contribution in [3.8, 4) is 0 Å². The molecule has 9 heteroatoms. The SMILES string of the molecule is Cc1ccc(CNC(=O)c2cc3c(=O)n4cccc(C)c4nc3n(CCCN3CCOCC3)c2=N)cc1. The number of hydrogen-bond donors (Lipinski definition) is 2. The Morgan fingerprint density at radius 1 is 1.08 bits per heavy atom. The van der Waals surface area contributed by atoms with E-state index in [4.69, 9.17) is 15.1 Å². The first-order chi connectivity index (χ1) is 17.9. The quantitative estimate of drug-likeness (QED) is 0.379. The van der Waals surface area contributed by atoms with Crippen LogP contribution in [0.2, 0.25) is 0 Å². The van der Waals surface area contributed by atoms with E-state index in [1.807, 2.05) is 50.2 Å².